The molecule has 5 nitrogen and oxygen atoms in total. The van der Waals surface area contributed by atoms with E-state index < -0.39 is 29.6 Å². The van der Waals surface area contributed by atoms with Gasteiger partial charge in [-0.15, -0.1) is 0 Å². The van der Waals surface area contributed by atoms with Gasteiger partial charge in [0.25, 0.3) is 6.43 Å². The smallest absolute Gasteiger partial charge is 0.363 e. The summed E-state index contributed by atoms with van der Waals surface area (Å²) >= 11 is 0. The predicted molar refractivity (Wildman–Crippen MR) is 132 cm³/mol. The molecule has 1 aliphatic rings. The van der Waals surface area contributed by atoms with E-state index >= 15 is 0 Å². The van der Waals surface area contributed by atoms with Gasteiger partial charge in [0.15, 0.2) is 5.78 Å². The molecular weight excluding hydrogens is 505 g/mol. The van der Waals surface area contributed by atoms with E-state index in [1.54, 1.807) is 19.9 Å². The Hall–Kier alpha value is -3.82. The van der Waals surface area contributed by atoms with E-state index in [2.05, 4.69) is 10.3 Å². The number of pyridine rings is 1. The van der Waals surface area contributed by atoms with Gasteiger partial charge in [-0.05, 0) is 52.6 Å². The molecule has 0 spiro atoms. The van der Waals surface area contributed by atoms with Crippen LogP contribution in [-0.4, -0.2) is 16.7 Å². The van der Waals surface area contributed by atoms with Gasteiger partial charge in [0.2, 0.25) is 5.91 Å². The van der Waals surface area contributed by atoms with Crippen LogP contribution in [0.15, 0.2) is 54.7 Å². The van der Waals surface area contributed by atoms with Crippen LogP contribution >= 0.6 is 0 Å². The Bertz CT molecular complexity index is 1340. The summed E-state index contributed by atoms with van der Waals surface area (Å²) in [5.41, 5.74) is 2.07. The van der Waals surface area contributed by atoms with E-state index in [4.69, 9.17) is 0 Å². The first-order chi connectivity index (χ1) is 17.9. The second-order valence-corrected chi connectivity index (χ2v) is 9.55. The summed E-state index contributed by atoms with van der Waals surface area (Å²) < 4.78 is 65.8. The Morgan fingerprint density at radius 3 is 2.29 bits per heavy atom. The first-order valence-electron chi connectivity index (χ1n) is 12.0. The molecule has 200 valence electrons. The van der Waals surface area contributed by atoms with Gasteiger partial charge in [-0.25, -0.2) is 8.78 Å². The number of anilines is 1. The van der Waals surface area contributed by atoms with Gasteiger partial charge in [0.05, 0.1) is 5.56 Å². The quantitative estimate of drug-likeness (QED) is 0.276. The first kappa shape index (κ1) is 27.2. The highest BCUT2D eigenvalue weighted by Gasteiger charge is 2.30. The van der Waals surface area contributed by atoms with E-state index in [1.165, 1.54) is 24.4 Å². The lowest BCUT2D eigenvalue weighted by Crippen LogP contribution is -2.27. The molecule has 0 saturated heterocycles. The molecule has 1 aromatic heterocycles. The molecule has 0 radical (unpaired) electrons. The highest BCUT2D eigenvalue weighted by atomic mass is 19.4. The average molecular weight is 532 g/mol. The Kier molecular flexibility index (Phi) is 7.80. The van der Waals surface area contributed by atoms with Crippen molar-refractivity contribution in [1.29, 1.82) is 0 Å². The number of aromatic nitrogens is 1. The number of fused-ring (bicyclic) bond motifs is 1. The number of hydrogen-bond donors (Lipinski definition) is 1. The highest BCUT2D eigenvalue weighted by molar-refractivity contribution is 5.98. The number of benzene rings is 2. The third-order valence-electron chi connectivity index (χ3n) is 6.39. The number of nitrogens with one attached hydrogen (secondary N) is 1. The van der Waals surface area contributed by atoms with Crippen molar-refractivity contribution in [3.05, 3.63) is 93.8 Å². The summed E-state index contributed by atoms with van der Waals surface area (Å²) in [6, 6.07) is 11.7. The van der Waals surface area contributed by atoms with Crippen molar-refractivity contribution in [1.82, 2.24) is 10.3 Å². The van der Waals surface area contributed by atoms with E-state index in [0.717, 1.165) is 23.3 Å². The minimum atomic E-state index is -4.41. The number of Topliss-reactive ketones (excluding diaryl/α,β-unsaturated/α-hetero) is 1. The van der Waals surface area contributed by atoms with E-state index in [0.29, 0.717) is 29.9 Å². The molecule has 0 fully saturated rings. The second-order valence-electron chi connectivity index (χ2n) is 9.55. The fourth-order valence-corrected chi connectivity index (χ4v) is 4.29. The normalized spacial score (nSPS) is 13.2. The summed E-state index contributed by atoms with van der Waals surface area (Å²) in [6.07, 6.45) is -6.25. The summed E-state index contributed by atoms with van der Waals surface area (Å²) in [5.74, 6) is -0.985. The fraction of sp³-hybridized carbons (Fsp3) is 0.321. The van der Waals surface area contributed by atoms with E-state index in [9.17, 15) is 31.5 Å². The highest BCUT2D eigenvalue weighted by Crippen LogP contribution is 2.33. The molecule has 1 aliphatic heterocycles. The molecule has 1 N–H and O–H groups in total. The van der Waals surface area contributed by atoms with E-state index in [-0.39, 0.29) is 30.4 Å². The molecule has 0 saturated carbocycles. The Morgan fingerprint density at radius 1 is 0.974 bits per heavy atom. The Morgan fingerprint density at radius 2 is 1.66 bits per heavy atom. The van der Waals surface area contributed by atoms with Crippen molar-refractivity contribution in [2.45, 2.75) is 52.5 Å². The van der Waals surface area contributed by atoms with Crippen molar-refractivity contribution in [2.24, 2.45) is 5.92 Å². The van der Waals surface area contributed by atoms with Crippen LogP contribution in [0.2, 0.25) is 0 Å². The zero-order valence-corrected chi connectivity index (χ0v) is 20.8. The number of halogens is 5. The summed E-state index contributed by atoms with van der Waals surface area (Å²) in [6.45, 7) is 4.45. The maximum atomic E-state index is 13.6. The van der Waals surface area contributed by atoms with Crippen LogP contribution in [0, 0.1) is 5.92 Å². The first-order valence-corrected chi connectivity index (χ1v) is 12.0. The molecule has 4 rings (SSSR count). The van der Waals surface area contributed by atoms with Gasteiger partial charge in [-0.3, -0.25) is 14.6 Å². The number of hydrogen-bond acceptors (Lipinski definition) is 4. The maximum Gasteiger partial charge on any atom is 0.416 e. The number of carbonyl (C=O) groups is 2. The zero-order chi connectivity index (χ0) is 27.6. The van der Waals surface area contributed by atoms with Crippen LogP contribution in [0.25, 0.3) is 0 Å². The molecule has 3 aromatic rings. The fourth-order valence-electron chi connectivity index (χ4n) is 4.29. The van der Waals surface area contributed by atoms with Crippen LogP contribution < -0.4 is 10.2 Å². The van der Waals surface area contributed by atoms with Crippen LogP contribution in [0.1, 0.15) is 64.1 Å². The maximum absolute atomic E-state index is 13.6. The van der Waals surface area contributed by atoms with Gasteiger partial charge in [-0.1, -0.05) is 32.0 Å². The average Bonchev–Trinajstić information content (AvgIpc) is 3.30. The van der Waals surface area contributed by atoms with Crippen molar-refractivity contribution >= 4 is 17.4 Å². The van der Waals surface area contributed by atoms with Gasteiger partial charge in [0.1, 0.15) is 5.69 Å². The minimum absolute atomic E-state index is 0.0619. The molecule has 1 amide bonds. The molecular formula is C28H26F5N3O2. The lowest BCUT2D eigenvalue weighted by Gasteiger charge is -2.18. The summed E-state index contributed by atoms with van der Waals surface area (Å²) in [4.78, 5) is 30.6. The third kappa shape index (κ3) is 6.17. The number of nitrogens with zero attached hydrogens (tertiary/aromatic N) is 2. The lowest BCUT2D eigenvalue weighted by molar-refractivity contribution is -0.137. The molecule has 2 heterocycles. The number of amides is 1. The SMILES string of the molecule is CC(C)C(=O)NCc1cnc(C(F)F)c(C(=O)Cc2ccc3c(c2)CN(c2ccc(C(F)(F)F)cc2)C3)c1. The Balaban J connectivity index is 1.48. The molecule has 10 heteroatoms. The molecule has 0 aliphatic carbocycles. The Labute approximate surface area is 216 Å². The van der Waals surface area contributed by atoms with Crippen LogP contribution in [0.3, 0.4) is 0 Å². The lowest BCUT2D eigenvalue weighted by atomic mass is 9.98. The number of ketones is 1. The monoisotopic (exact) mass is 531 g/mol. The van der Waals surface area contributed by atoms with Crippen molar-refractivity contribution in [3.63, 3.8) is 0 Å². The van der Waals surface area contributed by atoms with Gasteiger partial charge < -0.3 is 10.2 Å². The van der Waals surface area contributed by atoms with Crippen LogP contribution in [0.5, 0.6) is 0 Å². The summed E-state index contributed by atoms with van der Waals surface area (Å²) in [7, 11) is 0. The molecule has 2 aromatic carbocycles. The van der Waals surface area contributed by atoms with Gasteiger partial charge in [-0.2, -0.15) is 13.2 Å². The topological polar surface area (TPSA) is 62.3 Å². The number of carbonyl (C=O) groups excluding carboxylic acids is 2. The number of alkyl halides is 5. The molecule has 0 unspecified atom stereocenters. The summed E-state index contributed by atoms with van der Waals surface area (Å²) in [5, 5.41) is 2.68. The van der Waals surface area contributed by atoms with Crippen LogP contribution in [-0.2, 0) is 37.0 Å². The zero-order valence-electron chi connectivity index (χ0n) is 20.8. The second kappa shape index (κ2) is 10.9. The van der Waals surface area contributed by atoms with Crippen molar-refractivity contribution < 1.29 is 31.5 Å². The molecule has 0 atom stereocenters. The minimum Gasteiger partial charge on any atom is -0.363 e. The van der Waals surface area contributed by atoms with Gasteiger partial charge in [0, 0.05) is 49.4 Å². The van der Waals surface area contributed by atoms with Crippen molar-refractivity contribution in [3.8, 4) is 0 Å². The standard InChI is InChI=1S/C28H26F5N3O2/c1-16(2)27(38)35-13-18-10-23(25(26(29)30)34-12-18)24(37)11-17-3-4-19-14-36(15-20(19)9-17)22-7-5-21(6-8-22)28(31,32)33/h3-10,12,16,26H,11,13-15H2,1-2H3,(H,35,38). The predicted octanol–water partition coefficient (Wildman–Crippen LogP) is 6.26. The van der Waals surface area contributed by atoms with Crippen LogP contribution in [0.4, 0.5) is 27.6 Å². The molecule has 0 bridgehead atoms. The number of rotatable bonds is 8. The molecule has 38 heavy (non-hydrogen) atoms. The van der Waals surface area contributed by atoms with Crippen molar-refractivity contribution in [2.75, 3.05) is 4.90 Å². The van der Waals surface area contributed by atoms with E-state index in [1.807, 2.05) is 17.0 Å². The third-order valence-corrected chi connectivity index (χ3v) is 6.39. The van der Waals surface area contributed by atoms with Gasteiger partial charge >= 0.3 is 6.18 Å². The largest absolute Gasteiger partial charge is 0.416 e.